The molecule has 0 radical (unpaired) electrons. The standard InChI is InChI=1S/C17H20BrNO2/c1-3-21-16-10-15(17(16)20-2)19-14-9-8-13(18)11-6-4-5-7-12(11)14/h4-9,15-17,19H,3,10H2,1-2H3. The summed E-state index contributed by atoms with van der Waals surface area (Å²) in [5, 5.41) is 6.06. The van der Waals surface area contributed by atoms with Crippen LogP contribution in [0, 0.1) is 0 Å². The molecule has 1 saturated carbocycles. The van der Waals surface area contributed by atoms with Crippen molar-refractivity contribution in [1.29, 1.82) is 0 Å². The van der Waals surface area contributed by atoms with Crippen LogP contribution in [0.15, 0.2) is 40.9 Å². The first-order valence-corrected chi connectivity index (χ1v) is 8.12. The van der Waals surface area contributed by atoms with Crippen molar-refractivity contribution in [3.63, 3.8) is 0 Å². The number of methoxy groups -OCH3 is 1. The van der Waals surface area contributed by atoms with Crippen LogP contribution in [-0.4, -0.2) is 32.0 Å². The Hall–Kier alpha value is -1.10. The summed E-state index contributed by atoms with van der Waals surface area (Å²) in [6, 6.07) is 12.9. The second kappa shape index (κ2) is 6.34. The first kappa shape index (κ1) is 14.8. The van der Waals surface area contributed by atoms with E-state index in [1.54, 1.807) is 7.11 Å². The fourth-order valence-electron chi connectivity index (χ4n) is 3.00. The molecule has 0 spiro atoms. The SMILES string of the molecule is CCOC1CC(Nc2ccc(Br)c3ccccc23)C1OC. The molecule has 3 atom stereocenters. The Morgan fingerprint density at radius 1 is 1.19 bits per heavy atom. The van der Waals surface area contributed by atoms with E-state index in [1.165, 1.54) is 10.8 Å². The topological polar surface area (TPSA) is 30.5 Å². The number of benzene rings is 2. The molecule has 21 heavy (non-hydrogen) atoms. The Labute approximate surface area is 133 Å². The van der Waals surface area contributed by atoms with Crippen LogP contribution in [0.5, 0.6) is 0 Å². The molecular formula is C17H20BrNO2. The van der Waals surface area contributed by atoms with Gasteiger partial charge in [0.1, 0.15) is 6.10 Å². The van der Waals surface area contributed by atoms with Gasteiger partial charge in [-0.2, -0.15) is 0 Å². The van der Waals surface area contributed by atoms with Gasteiger partial charge >= 0.3 is 0 Å². The van der Waals surface area contributed by atoms with Gasteiger partial charge in [0.2, 0.25) is 0 Å². The van der Waals surface area contributed by atoms with Gasteiger partial charge in [-0.25, -0.2) is 0 Å². The zero-order chi connectivity index (χ0) is 14.8. The van der Waals surface area contributed by atoms with Crippen LogP contribution in [0.2, 0.25) is 0 Å². The summed E-state index contributed by atoms with van der Waals surface area (Å²) in [6.07, 6.45) is 1.31. The molecular weight excluding hydrogens is 330 g/mol. The van der Waals surface area contributed by atoms with Crippen molar-refractivity contribution in [3.05, 3.63) is 40.9 Å². The molecule has 0 bridgehead atoms. The van der Waals surface area contributed by atoms with Crippen molar-refractivity contribution >= 4 is 32.4 Å². The van der Waals surface area contributed by atoms with Crippen LogP contribution in [0.25, 0.3) is 10.8 Å². The molecule has 1 aliphatic carbocycles. The number of ether oxygens (including phenoxy) is 2. The smallest absolute Gasteiger partial charge is 0.103 e. The second-order valence-electron chi connectivity index (χ2n) is 5.32. The highest BCUT2D eigenvalue weighted by Gasteiger charge is 2.42. The van der Waals surface area contributed by atoms with Crippen molar-refractivity contribution in [2.45, 2.75) is 31.6 Å². The highest BCUT2D eigenvalue weighted by molar-refractivity contribution is 9.10. The molecule has 0 saturated heterocycles. The molecule has 0 heterocycles. The van der Waals surface area contributed by atoms with Gasteiger partial charge in [0.25, 0.3) is 0 Å². The summed E-state index contributed by atoms with van der Waals surface area (Å²) in [6.45, 7) is 2.76. The number of hydrogen-bond acceptors (Lipinski definition) is 3. The molecule has 0 aliphatic heterocycles. The van der Waals surface area contributed by atoms with Gasteiger partial charge in [-0.3, -0.25) is 0 Å². The van der Waals surface area contributed by atoms with Gasteiger partial charge in [-0.15, -0.1) is 0 Å². The second-order valence-corrected chi connectivity index (χ2v) is 6.18. The van der Waals surface area contributed by atoms with E-state index in [2.05, 4.69) is 57.6 Å². The molecule has 4 heteroatoms. The van der Waals surface area contributed by atoms with E-state index >= 15 is 0 Å². The van der Waals surface area contributed by atoms with E-state index in [4.69, 9.17) is 9.47 Å². The van der Waals surface area contributed by atoms with Crippen LogP contribution in [0.3, 0.4) is 0 Å². The Morgan fingerprint density at radius 2 is 1.95 bits per heavy atom. The number of hydrogen-bond donors (Lipinski definition) is 1. The van der Waals surface area contributed by atoms with E-state index in [0.717, 1.165) is 23.2 Å². The zero-order valence-electron chi connectivity index (χ0n) is 12.3. The maximum atomic E-state index is 5.68. The Kier molecular flexibility index (Phi) is 4.48. The summed E-state index contributed by atoms with van der Waals surface area (Å²) < 4.78 is 12.4. The van der Waals surface area contributed by atoms with Crippen molar-refractivity contribution in [1.82, 2.24) is 0 Å². The maximum absolute atomic E-state index is 5.68. The minimum Gasteiger partial charge on any atom is -0.379 e. The van der Waals surface area contributed by atoms with Gasteiger partial charge in [0.05, 0.1) is 12.1 Å². The molecule has 1 fully saturated rings. The molecule has 0 amide bonds. The van der Waals surface area contributed by atoms with E-state index < -0.39 is 0 Å². The minimum absolute atomic E-state index is 0.118. The summed E-state index contributed by atoms with van der Waals surface area (Å²) in [5.41, 5.74) is 1.15. The lowest BCUT2D eigenvalue weighted by atomic mass is 9.84. The Bertz CT molecular complexity index is 631. The molecule has 3 rings (SSSR count). The number of halogens is 1. The molecule has 112 valence electrons. The molecule has 0 aromatic heterocycles. The lowest BCUT2D eigenvalue weighted by Gasteiger charge is -2.44. The number of fused-ring (bicyclic) bond motifs is 1. The van der Waals surface area contributed by atoms with E-state index in [0.29, 0.717) is 6.04 Å². The van der Waals surface area contributed by atoms with Crippen LogP contribution in [-0.2, 0) is 9.47 Å². The van der Waals surface area contributed by atoms with Crippen molar-refractivity contribution in [2.75, 3.05) is 19.0 Å². The van der Waals surface area contributed by atoms with E-state index in [-0.39, 0.29) is 12.2 Å². The highest BCUT2D eigenvalue weighted by Crippen LogP contribution is 2.34. The van der Waals surface area contributed by atoms with Gasteiger partial charge in [-0.1, -0.05) is 40.2 Å². The lowest BCUT2D eigenvalue weighted by molar-refractivity contribution is -0.117. The minimum atomic E-state index is 0.118. The van der Waals surface area contributed by atoms with E-state index in [9.17, 15) is 0 Å². The third-order valence-corrected chi connectivity index (χ3v) is 4.81. The molecule has 2 aromatic rings. The first-order chi connectivity index (χ1) is 10.2. The number of rotatable bonds is 5. The summed E-state index contributed by atoms with van der Waals surface area (Å²) in [5.74, 6) is 0. The first-order valence-electron chi connectivity index (χ1n) is 7.32. The van der Waals surface area contributed by atoms with Gasteiger partial charge in [-0.05, 0) is 30.9 Å². The predicted molar refractivity (Wildman–Crippen MR) is 89.9 cm³/mol. The lowest BCUT2D eigenvalue weighted by Crippen LogP contribution is -2.56. The zero-order valence-corrected chi connectivity index (χ0v) is 13.9. The predicted octanol–water partition coefficient (Wildman–Crippen LogP) is 4.21. The van der Waals surface area contributed by atoms with Crippen LogP contribution >= 0.6 is 15.9 Å². The third-order valence-electron chi connectivity index (χ3n) is 4.11. The molecule has 1 N–H and O–H groups in total. The molecule has 3 unspecified atom stereocenters. The summed E-state index contributed by atoms with van der Waals surface area (Å²) in [7, 11) is 1.75. The van der Waals surface area contributed by atoms with Crippen LogP contribution in [0.4, 0.5) is 5.69 Å². The average Bonchev–Trinajstić information content (AvgIpc) is 2.49. The molecule has 2 aromatic carbocycles. The fraction of sp³-hybridized carbons (Fsp3) is 0.412. The van der Waals surface area contributed by atoms with Crippen molar-refractivity contribution < 1.29 is 9.47 Å². The quantitative estimate of drug-likeness (QED) is 0.876. The maximum Gasteiger partial charge on any atom is 0.103 e. The fourth-order valence-corrected chi connectivity index (χ4v) is 3.48. The van der Waals surface area contributed by atoms with Gasteiger partial charge in [0, 0.05) is 29.3 Å². The normalized spacial score (nSPS) is 24.8. The summed E-state index contributed by atoms with van der Waals surface area (Å²) >= 11 is 3.61. The Morgan fingerprint density at radius 3 is 2.67 bits per heavy atom. The number of nitrogens with one attached hydrogen (secondary N) is 1. The van der Waals surface area contributed by atoms with Crippen molar-refractivity contribution in [3.8, 4) is 0 Å². The highest BCUT2D eigenvalue weighted by atomic mass is 79.9. The Balaban J connectivity index is 1.82. The third kappa shape index (κ3) is 2.80. The molecule has 1 aliphatic rings. The van der Waals surface area contributed by atoms with Gasteiger partial charge < -0.3 is 14.8 Å². The van der Waals surface area contributed by atoms with Crippen molar-refractivity contribution in [2.24, 2.45) is 0 Å². The number of anilines is 1. The molecule has 3 nitrogen and oxygen atoms in total. The van der Waals surface area contributed by atoms with Crippen LogP contribution in [0.1, 0.15) is 13.3 Å². The summed E-state index contributed by atoms with van der Waals surface area (Å²) in [4.78, 5) is 0. The largest absolute Gasteiger partial charge is 0.379 e. The van der Waals surface area contributed by atoms with Gasteiger partial charge in [0.15, 0.2) is 0 Å². The monoisotopic (exact) mass is 349 g/mol. The average molecular weight is 350 g/mol. The van der Waals surface area contributed by atoms with E-state index in [1.807, 2.05) is 6.92 Å². The van der Waals surface area contributed by atoms with Crippen LogP contribution < -0.4 is 5.32 Å².